The van der Waals surface area contributed by atoms with E-state index in [0.29, 0.717) is 21.8 Å². The van der Waals surface area contributed by atoms with E-state index < -0.39 is 0 Å². The third-order valence-electron chi connectivity index (χ3n) is 3.40. The number of aliphatic hydroxyl groups excluding tert-OH is 1. The molecule has 11 heteroatoms. The average molecular weight is 558 g/mol. The molecule has 1 heterocycles. The molecule has 0 amide bonds. The van der Waals surface area contributed by atoms with Crippen LogP contribution in [0.4, 0.5) is 5.13 Å². The molecule has 3 rings (SSSR count). The van der Waals surface area contributed by atoms with Crippen LogP contribution >= 0.6 is 39.5 Å². The number of ether oxygens (including phenoxy) is 2. The number of ketones is 1. The molecule has 1 aromatic heterocycles. The van der Waals surface area contributed by atoms with Gasteiger partial charge in [0.2, 0.25) is 0 Å². The highest BCUT2D eigenvalue weighted by atomic mass is 79.9. The predicted octanol–water partition coefficient (Wildman–Crippen LogP) is 3.86. The number of benzene rings is 2. The molecule has 0 aliphatic rings. The summed E-state index contributed by atoms with van der Waals surface area (Å²) in [6, 6.07) is 14.9. The lowest BCUT2D eigenvalue weighted by molar-refractivity contribution is 0.102. The van der Waals surface area contributed by atoms with Crippen LogP contribution in [0.25, 0.3) is 11.3 Å². The van der Waals surface area contributed by atoms with Crippen molar-refractivity contribution < 1.29 is 19.4 Å². The van der Waals surface area contributed by atoms with Gasteiger partial charge < -0.3 is 31.8 Å². The first kappa shape index (κ1) is 30.3. The van der Waals surface area contributed by atoms with Crippen LogP contribution < -0.4 is 26.7 Å². The Labute approximate surface area is 211 Å². The Balaban J connectivity index is 0.000000490. The lowest BCUT2D eigenvalue weighted by Crippen LogP contribution is -2.18. The molecule has 33 heavy (non-hydrogen) atoms. The maximum Gasteiger partial charge on any atom is 0.180 e. The molecule has 0 spiro atoms. The van der Waals surface area contributed by atoms with Crippen molar-refractivity contribution in [2.45, 2.75) is 6.92 Å². The molecule has 2 aromatic carbocycles. The number of thiocarbonyl (C=S) groups is 1. The number of methoxy groups -OCH3 is 2. The van der Waals surface area contributed by atoms with Gasteiger partial charge in [-0.05, 0) is 43.4 Å². The third-order valence-corrected chi connectivity index (χ3v) is 4.58. The Morgan fingerprint density at radius 3 is 2.09 bits per heavy atom. The SMILES string of the molecule is CCO.COc1cccc(-c2csc(N)n2)c1.COc1cccc(C(=O)CBr)c1.NC(N)=S. The minimum absolute atomic E-state index is 0.000000000000000222. The molecule has 7 N–H and O–H groups in total. The zero-order valence-corrected chi connectivity index (χ0v) is 21.9. The number of alkyl halides is 1. The zero-order valence-electron chi connectivity index (χ0n) is 18.7. The molecular weight excluding hydrogens is 528 g/mol. The Morgan fingerprint density at radius 2 is 1.64 bits per heavy atom. The number of hydrogen-bond acceptors (Lipinski definition) is 8. The minimum Gasteiger partial charge on any atom is -0.497 e. The maximum atomic E-state index is 11.2. The molecule has 0 atom stereocenters. The number of thiazole rings is 1. The highest BCUT2D eigenvalue weighted by molar-refractivity contribution is 9.09. The number of aromatic nitrogens is 1. The van der Waals surface area contributed by atoms with E-state index in [1.54, 1.807) is 39.3 Å². The van der Waals surface area contributed by atoms with Crippen LogP contribution in [-0.4, -0.2) is 47.1 Å². The Bertz CT molecular complexity index is 982. The van der Waals surface area contributed by atoms with Gasteiger partial charge in [0, 0.05) is 23.1 Å². The zero-order chi connectivity index (χ0) is 25.2. The third kappa shape index (κ3) is 13.4. The summed E-state index contributed by atoms with van der Waals surface area (Å²) in [6.45, 7) is 1.93. The smallest absolute Gasteiger partial charge is 0.180 e. The van der Waals surface area contributed by atoms with Crippen LogP contribution in [0.2, 0.25) is 0 Å². The molecule has 8 nitrogen and oxygen atoms in total. The summed E-state index contributed by atoms with van der Waals surface area (Å²) in [7, 11) is 3.23. The number of nitrogens with two attached hydrogens (primary N) is 3. The second-order valence-corrected chi connectivity index (χ2v) is 7.73. The first-order chi connectivity index (χ1) is 15.7. The Kier molecular flexibility index (Phi) is 16.3. The van der Waals surface area contributed by atoms with Crippen molar-refractivity contribution in [3.05, 3.63) is 59.5 Å². The predicted molar refractivity (Wildman–Crippen MR) is 143 cm³/mol. The molecule has 3 aromatic rings. The second kappa shape index (κ2) is 17.8. The van der Waals surface area contributed by atoms with Gasteiger partial charge in [0.1, 0.15) is 11.5 Å². The van der Waals surface area contributed by atoms with Gasteiger partial charge in [-0.25, -0.2) is 4.98 Å². The first-order valence-electron chi connectivity index (χ1n) is 9.46. The monoisotopic (exact) mass is 556 g/mol. The highest BCUT2D eigenvalue weighted by Crippen LogP contribution is 2.25. The van der Waals surface area contributed by atoms with Crippen LogP contribution in [0.15, 0.2) is 53.9 Å². The standard InChI is InChI=1S/C10H10N2OS.C9H9BrO2.C2H6O.CH4N2S/c1-13-8-4-2-3-7(5-8)9-6-14-10(11)12-9;1-12-8-4-2-3-7(5-8)9(11)6-10;1-2-3;2-1(3)4/h2-6H,1H3,(H2,11,12);2-5H,6H2,1H3;3H,2H2,1H3;(H4,2,3,4). The Morgan fingerprint density at radius 1 is 1.12 bits per heavy atom. The minimum atomic E-state index is 0.000000000000000222. The van der Waals surface area contributed by atoms with Crippen LogP contribution in [0, 0.1) is 0 Å². The van der Waals surface area contributed by atoms with Gasteiger partial charge in [-0.15, -0.1) is 11.3 Å². The largest absolute Gasteiger partial charge is 0.497 e. The van der Waals surface area contributed by atoms with Gasteiger partial charge in [-0.1, -0.05) is 40.2 Å². The number of Topliss-reactive ketones (excluding diaryl/α,β-unsaturated/α-hetero) is 1. The van der Waals surface area contributed by atoms with Crippen molar-refractivity contribution in [2.75, 3.05) is 31.9 Å². The summed E-state index contributed by atoms with van der Waals surface area (Å²) in [4.78, 5) is 15.4. The highest BCUT2D eigenvalue weighted by Gasteiger charge is 2.04. The molecule has 180 valence electrons. The maximum absolute atomic E-state index is 11.2. The second-order valence-electron chi connectivity index (χ2n) is 5.81. The van der Waals surface area contributed by atoms with E-state index in [0.717, 1.165) is 17.0 Å². The summed E-state index contributed by atoms with van der Waals surface area (Å²) in [5.41, 5.74) is 17.4. The van der Waals surface area contributed by atoms with E-state index >= 15 is 0 Å². The van der Waals surface area contributed by atoms with Crippen LogP contribution in [0.5, 0.6) is 11.5 Å². The van der Waals surface area contributed by atoms with Gasteiger partial charge in [0.25, 0.3) is 0 Å². The fraction of sp³-hybridized carbons (Fsp3) is 0.227. The summed E-state index contributed by atoms with van der Waals surface area (Å²) >= 11 is 8.64. The number of rotatable bonds is 5. The van der Waals surface area contributed by atoms with Crippen LogP contribution in [0.3, 0.4) is 0 Å². The fourth-order valence-electron chi connectivity index (χ4n) is 2.08. The summed E-state index contributed by atoms with van der Waals surface area (Å²) in [5, 5.41) is 10.4. The molecular formula is C22H29BrN4O4S2. The van der Waals surface area contributed by atoms with Gasteiger partial charge in [-0.3, -0.25) is 4.79 Å². The number of hydrogen-bond donors (Lipinski definition) is 4. The number of carbonyl (C=O) groups excluding carboxylic acids is 1. The summed E-state index contributed by atoms with van der Waals surface area (Å²) in [5.74, 6) is 1.60. The van der Waals surface area contributed by atoms with Crippen molar-refractivity contribution in [3.63, 3.8) is 0 Å². The number of anilines is 1. The quantitative estimate of drug-likeness (QED) is 0.209. The van der Waals surface area contributed by atoms with Crippen LogP contribution in [0.1, 0.15) is 17.3 Å². The molecule has 0 fully saturated rings. The number of nitrogens with zero attached hydrogens (tertiary/aromatic N) is 1. The van der Waals surface area contributed by atoms with Gasteiger partial charge in [-0.2, -0.15) is 0 Å². The average Bonchev–Trinajstić information content (AvgIpc) is 3.25. The van der Waals surface area contributed by atoms with Gasteiger partial charge in [0.05, 0.1) is 25.2 Å². The molecule has 0 saturated heterocycles. The van der Waals surface area contributed by atoms with E-state index in [2.05, 4.69) is 44.6 Å². The number of halogens is 1. The lowest BCUT2D eigenvalue weighted by atomic mass is 10.1. The van der Waals surface area contributed by atoms with Crippen molar-refractivity contribution in [2.24, 2.45) is 11.5 Å². The molecule has 0 radical (unpaired) electrons. The van der Waals surface area contributed by atoms with Gasteiger partial charge in [0.15, 0.2) is 16.0 Å². The van der Waals surface area contributed by atoms with Crippen molar-refractivity contribution in [1.82, 2.24) is 4.98 Å². The van der Waals surface area contributed by atoms with E-state index in [9.17, 15) is 4.79 Å². The summed E-state index contributed by atoms with van der Waals surface area (Å²) < 4.78 is 10.1. The van der Waals surface area contributed by atoms with Crippen molar-refractivity contribution in [1.29, 1.82) is 0 Å². The fourth-order valence-corrected chi connectivity index (χ4v) is 2.97. The topological polar surface area (TPSA) is 147 Å². The lowest BCUT2D eigenvalue weighted by Gasteiger charge is -2.01. The molecule has 0 bridgehead atoms. The van der Waals surface area contributed by atoms with Crippen LogP contribution in [-0.2, 0) is 0 Å². The molecule has 0 saturated carbocycles. The number of carbonyl (C=O) groups is 1. The number of aliphatic hydroxyl groups is 1. The van der Waals surface area contributed by atoms with E-state index in [-0.39, 0.29) is 17.5 Å². The van der Waals surface area contributed by atoms with Crippen molar-refractivity contribution in [3.8, 4) is 22.8 Å². The van der Waals surface area contributed by atoms with E-state index in [4.69, 9.17) is 20.3 Å². The first-order valence-corrected chi connectivity index (χ1v) is 11.9. The molecule has 0 aliphatic carbocycles. The molecule has 0 aliphatic heterocycles. The molecule has 0 unspecified atom stereocenters. The van der Waals surface area contributed by atoms with Crippen molar-refractivity contribution >= 4 is 55.5 Å². The van der Waals surface area contributed by atoms with E-state index in [1.807, 2.05) is 35.7 Å². The Hall–Kier alpha value is -2.73. The normalized spacial score (nSPS) is 9.00. The number of nitrogen functional groups attached to an aromatic ring is 1. The van der Waals surface area contributed by atoms with Gasteiger partial charge >= 0.3 is 0 Å². The summed E-state index contributed by atoms with van der Waals surface area (Å²) in [6.07, 6.45) is 0. The van der Waals surface area contributed by atoms with E-state index in [1.165, 1.54) is 11.3 Å².